The number of hydrogen-bond donors (Lipinski definition) is 2. The molecular formula is C21H20ClN3O2. The summed E-state index contributed by atoms with van der Waals surface area (Å²) in [4.78, 5) is 16.5. The predicted octanol–water partition coefficient (Wildman–Crippen LogP) is 4.46. The average Bonchev–Trinajstić information content (AvgIpc) is 2.69. The van der Waals surface area contributed by atoms with Gasteiger partial charge in [0.2, 0.25) is 0 Å². The van der Waals surface area contributed by atoms with Crippen molar-refractivity contribution in [3.8, 4) is 5.75 Å². The Morgan fingerprint density at radius 1 is 1.07 bits per heavy atom. The number of anilines is 2. The Morgan fingerprint density at radius 2 is 1.89 bits per heavy atom. The van der Waals surface area contributed by atoms with Gasteiger partial charge in [-0.25, -0.2) is 0 Å². The molecule has 1 aromatic heterocycles. The first-order chi connectivity index (χ1) is 13.1. The lowest BCUT2D eigenvalue weighted by Gasteiger charge is -2.09. The van der Waals surface area contributed by atoms with Gasteiger partial charge in [0.1, 0.15) is 5.75 Å². The number of carbonyl (C=O) groups is 1. The van der Waals surface area contributed by atoms with E-state index in [-0.39, 0.29) is 5.91 Å². The van der Waals surface area contributed by atoms with Crippen LogP contribution in [-0.2, 0) is 6.42 Å². The molecule has 0 aliphatic heterocycles. The van der Waals surface area contributed by atoms with Gasteiger partial charge in [-0.2, -0.15) is 0 Å². The molecule has 0 atom stereocenters. The fourth-order valence-corrected chi connectivity index (χ4v) is 2.77. The number of pyridine rings is 1. The van der Waals surface area contributed by atoms with E-state index in [1.807, 2.05) is 42.5 Å². The van der Waals surface area contributed by atoms with Gasteiger partial charge in [-0.15, -0.1) is 0 Å². The Hall–Kier alpha value is -3.05. The smallest absolute Gasteiger partial charge is 0.252 e. The second kappa shape index (κ2) is 9.05. The first-order valence-corrected chi connectivity index (χ1v) is 8.90. The lowest BCUT2D eigenvalue weighted by molar-refractivity contribution is 0.0954. The molecule has 0 aliphatic rings. The summed E-state index contributed by atoms with van der Waals surface area (Å²) in [6, 6.07) is 16.9. The summed E-state index contributed by atoms with van der Waals surface area (Å²) in [5.41, 5.74) is 3.18. The second-order valence-corrected chi connectivity index (χ2v) is 6.39. The SMILES string of the molecule is COc1ccc(CCNC(=O)c2cncc(Nc3cccc(Cl)c3)c2)cc1. The average molecular weight is 382 g/mol. The number of nitrogens with zero attached hydrogens (tertiary/aromatic N) is 1. The van der Waals surface area contributed by atoms with Gasteiger partial charge < -0.3 is 15.4 Å². The summed E-state index contributed by atoms with van der Waals surface area (Å²) in [5, 5.41) is 6.75. The number of aromatic nitrogens is 1. The van der Waals surface area contributed by atoms with Crippen LogP contribution in [0.3, 0.4) is 0 Å². The van der Waals surface area contributed by atoms with Crippen molar-refractivity contribution in [1.82, 2.24) is 10.3 Å². The van der Waals surface area contributed by atoms with Crippen LogP contribution >= 0.6 is 11.6 Å². The third kappa shape index (κ3) is 5.46. The zero-order chi connectivity index (χ0) is 19.1. The molecule has 6 heteroatoms. The number of nitrogens with one attached hydrogen (secondary N) is 2. The molecule has 0 unspecified atom stereocenters. The number of halogens is 1. The molecule has 2 aromatic carbocycles. The van der Waals surface area contributed by atoms with Crippen LogP contribution in [0.4, 0.5) is 11.4 Å². The molecule has 0 fully saturated rings. The van der Waals surface area contributed by atoms with E-state index in [0.717, 1.165) is 29.1 Å². The Bertz CT molecular complexity index is 913. The fraction of sp³-hybridized carbons (Fsp3) is 0.143. The monoisotopic (exact) mass is 381 g/mol. The number of benzene rings is 2. The number of rotatable bonds is 7. The van der Waals surface area contributed by atoms with Crippen LogP contribution in [0.2, 0.25) is 5.02 Å². The Morgan fingerprint density at radius 3 is 2.63 bits per heavy atom. The summed E-state index contributed by atoms with van der Waals surface area (Å²) in [5.74, 6) is 0.656. The molecule has 0 saturated carbocycles. The first kappa shape index (κ1) is 18.7. The van der Waals surface area contributed by atoms with E-state index in [9.17, 15) is 4.79 Å². The van der Waals surface area contributed by atoms with E-state index in [4.69, 9.17) is 16.3 Å². The highest BCUT2D eigenvalue weighted by Gasteiger charge is 2.07. The lowest BCUT2D eigenvalue weighted by Crippen LogP contribution is -2.25. The second-order valence-electron chi connectivity index (χ2n) is 5.95. The largest absolute Gasteiger partial charge is 0.497 e. The Kier molecular flexibility index (Phi) is 6.28. The minimum absolute atomic E-state index is 0.161. The third-order valence-corrected chi connectivity index (χ3v) is 4.21. The predicted molar refractivity (Wildman–Crippen MR) is 108 cm³/mol. The van der Waals surface area contributed by atoms with Crippen molar-refractivity contribution in [2.24, 2.45) is 0 Å². The Balaban J connectivity index is 1.56. The molecule has 1 heterocycles. The molecule has 0 bridgehead atoms. The number of methoxy groups -OCH3 is 1. The molecule has 0 saturated heterocycles. The highest BCUT2D eigenvalue weighted by atomic mass is 35.5. The van der Waals surface area contributed by atoms with Crippen LogP contribution in [0, 0.1) is 0 Å². The molecule has 1 amide bonds. The molecular weight excluding hydrogens is 362 g/mol. The topological polar surface area (TPSA) is 63.2 Å². The molecule has 5 nitrogen and oxygen atoms in total. The van der Waals surface area contributed by atoms with Gasteiger partial charge in [-0.3, -0.25) is 9.78 Å². The number of amides is 1. The maximum atomic E-state index is 12.4. The molecule has 138 valence electrons. The zero-order valence-corrected chi connectivity index (χ0v) is 15.7. The summed E-state index contributed by atoms with van der Waals surface area (Å²) < 4.78 is 5.14. The Labute approximate surface area is 163 Å². The van der Waals surface area contributed by atoms with Gasteiger partial charge in [0, 0.05) is 23.5 Å². The van der Waals surface area contributed by atoms with Crippen LogP contribution in [0.25, 0.3) is 0 Å². The van der Waals surface area contributed by atoms with E-state index >= 15 is 0 Å². The van der Waals surface area contributed by atoms with Crippen LogP contribution in [0.1, 0.15) is 15.9 Å². The summed E-state index contributed by atoms with van der Waals surface area (Å²) >= 11 is 5.99. The maximum absolute atomic E-state index is 12.4. The molecule has 0 radical (unpaired) electrons. The summed E-state index contributed by atoms with van der Waals surface area (Å²) in [7, 11) is 1.64. The van der Waals surface area contributed by atoms with Crippen LogP contribution < -0.4 is 15.4 Å². The number of ether oxygens (including phenoxy) is 1. The molecule has 3 rings (SSSR count). The van der Waals surface area contributed by atoms with Crippen LogP contribution in [-0.4, -0.2) is 24.5 Å². The van der Waals surface area contributed by atoms with Crippen LogP contribution in [0.15, 0.2) is 67.0 Å². The maximum Gasteiger partial charge on any atom is 0.252 e. The van der Waals surface area contributed by atoms with Crippen LogP contribution in [0.5, 0.6) is 5.75 Å². The van der Waals surface area contributed by atoms with Crippen molar-refractivity contribution in [2.75, 3.05) is 19.0 Å². The lowest BCUT2D eigenvalue weighted by atomic mass is 10.1. The molecule has 0 aliphatic carbocycles. The van der Waals surface area contributed by atoms with Crippen molar-refractivity contribution in [3.05, 3.63) is 83.1 Å². The first-order valence-electron chi connectivity index (χ1n) is 8.53. The number of hydrogen-bond acceptors (Lipinski definition) is 4. The quantitative estimate of drug-likeness (QED) is 0.634. The van der Waals surface area contributed by atoms with E-state index < -0.39 is 0 Å². The van der Waals surface area contributed by atoms with Gasteiger partial charge in [0.25, 0.3) is 5.91 Å². The van der Waals surface area contributed by atoms with Crippen molar-refractivity contribution in [1.29, 1.82) is 0 Å². The zero-order valence-electron chi connectivity index (χ0n) is 14.9. The van der Waals surface area contributed by atoms with Gasteiger partial charge in [0.15, 0.2) is 0 Å². The minimum atomic E-state index is -0.161. The van der Waals surface area contributed by atoms with E-state index in [1.165, 1.54) is 0 Å². The third-order valence-electron chi connectivity index (χ3n) is 3.97. The van der Waals surface area contributed by atoms with E-state index in [1.54, 1.807) is 31.6 Å². The molecule has 0 spiro atoms. The van der Waals surface area contributed by atoms with E-state index in [2.05, 4.69) is 15.6 Å². The molecule has 3 aromatic rings. The number of carbonyl (C=O) groups excluding carboxylic acids is 1. The summed E-state index contributed by atoms with van der Waals surface area (Å²) in [6.45, 7) is 0.539. The van der Waals surface area contributed by atoms with Crippen molar-refractivity contribution >= 4 is 28.9 Å². The highest BCUT2D eigenvalue weighted by molar-refractivity contribution is 6.30. The van der Waals surface area contributed by atoms with Crippen molar-refractivity contribution < 1.29 is 9.53 Å². The fourth-order valence-electron chi connectivity index (χ4n) is 2.58. The minimum Gasteiger partial charge on any atom is -0.497 e. The van der Waals surface area contributed by atoms with Crippen molar-refractivity contribution in [3.63, 3.8) is 0 Å². The molecule has 27 heavy (non-hydrogen) atoms. The summed E-state index contributed by atoms with van der Waals surface area (Å²) in [6.07, 6.45) is 3.95. The van der Waals surface area contributed by atoms with Gasteiger partial charge >= 0.3 is 0 Å². The van der Waals surface area contributed by atoms with Gasteiger partial charge in [-0.1, -0.05) is 29.8 Å². The molecule has 2 N–H and O–H groups in total. The van der Waals surface area contributed by atoms with Gasteiger partial charge in [0.05, 0.1) is 24.6 Å². The standard InChI is InChI=1S/C21H20ClN3O2/c1-27-20-7-5-15(6-8-20)9-10-24-21(26)16-11-19(14-23-13-16)25-18-4-2-3-17(22)12-18/h2-8,11-14,25H,9-10H2,1H3,(H,24,26). The van der Waals surface area contributed by atoms with E-state index in [0.29, 0.717) is 17.1 Å². The normalized spacial score (nSPS) is 10.3. The highest BCUT2D eigenvalue weighted by Crippen LogP contribution is 2.20. The van der Waals surface area contributed by atoms with Crippen molar-refractivity contribution in [2.45, 2.75) is 6.42 Å². The van der Waals surface area contributed by atoms with Gasteiger partial charge in [-0.05, 0) is 48.4 Å².